The molecule has 0 saturated carbocycles. The lowest BCUT2D eigenvalue weighted by atomic mass is 10.2. The van der Waals surface area contributed by atoms with Crippen LogP contribution in [0, 0.1) is 6.92 Å². The highest BCUT2D eigenvalue weighted by Gasteiger charge is 2.19. The fourth-order valence-electron chi connectivity index (χ4n) is 1.74. The van der Waals surface area contributed by atoms with E-state index >= 15 is 0 Å². The Balaban J connectivity index is 2.02. The number of benzene rings is 1. The normalized spacial score (nSPS) is 11.9. The van der Waals surface area contributed by atoms with E-state index in [1.54, 1.807) is 18.5 Å². The van der Waals surface area contributed by atoms with E-state index in [4.69, 9.17) is 0 Å². The number of amides is 1. The molecule has 2 rings (SSSR count). The second kappa shape index (κ2) is 7.05. The van der Waals surface area contributed by atoms with E-state index in [9.17, 15) is 4.79 Å². The standard InChI is InChI=1S/C15H17N3OS/c1-3-13(20-15-16-8-5-9-17-15)14(19)18-12-7-4-6-11(2)10-12/h4-10,13H,3H2,1-2H3,(H,18,19). The number of nitrogens with zero attached hydrogens (tertiary/aromatic N) is 2. The predicted octanol–water partition coefficient (Wildman–Crippen LogP) is 3.29. The van der Waals surface area contributed by atoms with Crippen molar-refractivity contribution in [3.8, 4) is 0 Å². The van der Waals surface area contributed by atoms with Gasteiger partial charge in [0.1, 0.15) is 0 Å². The number of nitrogens with one attached hydrogen (secondary N) is 1. The van der Waals surface area contributed by atoms with Gasteiger partial charge >= 0.3 is 0 Å². The van der Waals surface area contributed by atoms with Gasteiger partial charge in [0.2, 0.25) is 5.91 Å². The maximum atomic E-state index is 12.3. The molecule has 0 radical (unpaired) electrons. The molecule has 5 heteroatoms. The Kier molecular flexibility index (Phi) is 5.12. The van der Waals surface area contributed by atoms with Gasteiger partial charge in [0.05, 0.1) is 5.25 Å². The van der Waals surface area contributed by atoms with Crippen molar-refractivity contribution >= 4 is 23.4 Å². The van der Waals surface area contributed by atoms with Crippen LogP contribution in [0.25, 0.3) is 0 Å². The van der Waals surface area contributed by atoms with Gasteiger partial charge in [0.25, 0.3) is 0 Å². The first-order chi connectivity index (χ1) is 9.69. The monoisotopic (exact) mass is 287 g/mol. The third kappa shape index (κ3) is 4.06. The maximum Gasteiger partial charge on any atom is 0.237 e. The van der Waals surface area contributed by atoms with Crippen LogP contribution in [0.3, 0.4) is 0 Å². The summed E-state index contributed by atoms with van der Waals surface area (Å²) in [5.41, 5.74) is 1.94. The lowest BCUT2D eigenvalue weighted by Gasteiger charge is -2.13. The molecule has 0 fully saturated rings. The highest BCUT2D eigenvalue weighted by atomic mass is 32.2. The predicted molar refractivity (Wildman–Crippen MR) is 81.8 cm³/mol. The van der Waals surface area contributed by atoms with Gasteiger partial charge in [-0.2, -0.15) is 0 Å². The highest BCUT2D eigenvalue weighted by molar-refractivity contribution is 8.00. The van der Waals surface area contributed by atoms with Gasteiger partial charge in [-0.1, -0.05) is 30.8 Å². The SMILES string of the molecule is CCC(Sc1ncccn1)C(=O)Nc1cccc(C)c1. The molecule has 2 aromatic rings. The van der Waals surface area contributed by atoms with Gasteiger partial charge in [0.15, 0.2) is 5.16 Å². The molecule has 0 bridgehead atoms. The minimum absolute atomic E-state index is 0.0180. The van der Waals surface area contributed by atoms with Crippen LogP contribution in [0.4, 0.5) is 5.69 Å². The van der Waals surface area contributed by atoms with Crippen LogP contribution in [-0.4, -0.2) is 21.1 Å². The number of rotatable bonds is 5. The van der Waals surface area contributed by atoms with Gasteiger partial charge in [-0.3, -0.25) is 4.79 Å². The molecule has 0 aliphatic carbocycles. The summed E-state index contributed by atoms with van der Waals surface area (Å²) < 4.78 is 0. The molecule has 1 unspecified atom stereocenters. The van der Waals surface area contributed by atoms with Crippen molar-refractivity contribution in [2.75, 3.05) is 5.32 Å². The molecule has 4 nitrogen and oxygen atoms in total. The van der Waals surface area contributed by atoms with Gasteiger partial charge in [-0.25, -0.2) is 9.97 Å². The molecule has 0 aliphatic heterocycles. The van der Waals surface area contributed by atoms with Crippen LogP contribution in [0.5, 0.6) is 0 Å². The van der Waals surface area contributed by atoms with Gasteiger partial charge in [0, 0.05) is 18.1 Å². The summed E-state index contributed by atoms with van der Waals surface area (Å²) in [5.74, 6) is -0.0180. The molecule has 0 aliphatic rings. The largest absolute Gasteiger partial charge is 0.325 e. The molecule has 104 valence electrons. The first-order valence-electron chi connectivity index (χ1n) is 6.50. The fourth-order valence-corrected chi connectivity index (χ4v) is 2.57. The smallest absolute Gasteiger partial charge is 0.237 e. The lowest BCUT2D eigenvalue weighted by molar-refractivity contribution is -0.115. The highest BCUT2D eigenvalue weighted by Crippen LogP contribution is 2.23. The number of hydrogen-bond acceptors (Lipinski definition) is 4. The van der Waals surface area contributed by atoms with Crippen molar-refractivity contribution in [1.29, 1.82) is 0 Å². The summed E-state index contributed by atoms with van der Waals surface area (Å²) in [6.07, 6.45) is 4.08. The van der Waals surface area contributed by atoms with E-state index in [0.717, 1.165) is 17.7 Å². The average molecular weight is 287 g/mol. The molecule has 1 heterocycles. The fraction of sp³-hybridized carbons (Fsp3) is 0.267. The quantitative estimate of drug-likeness (QED) is 0.677. The Labute approximate surface area is 123 Å². The molecule has 1 aromatic heterocycles. The van der Waals surface area contributed by atoms with Gasteiger partial charge in [-0.15, -0.1) is 0 Å². The minimum Gasteiger partial charge on any atom is -0.325 e. The molecule has 1 amide bonds. The zero-order chi connectivity index (χ0) is 14.4. The van der Waals surface area contributed by atoms with Crippen molar-refractivity contribution in [3.63, 3.8) is 0 Å². The lowest BCUT2D eigenvalue weighted by Crippen LogP contribution is -2.24. The zero-order valence-corrected chi connectivity index (χ0v) is 12.4. The third-order valence-electron chi connectivity index (χ3n) is 2.74. The second-order valence-corrected chi connectivity index (χ2v) is 5.57. The van der Waals surface area contributed by atoms with Crippen LogP contribution < -0.4 is 5.32 Å². The number of aromatic nitrogens is 2. The first kappa shape index (κ1) is 14.5. The molecule has 0 spiro atoms. The van der Waals surface area contributed by atoms with Crippen molar-refractivity contribution in [3.05, 3.63) is 48.3 Å². The van der Waals surface area contributed by atoms with Crippen LogP contribution in [0.1, 0.15) is 18.9 Å². The van der Waals surface area contributed by atoms with Crippen molar-refractivity contribution in [2.24, 2.45) is 0 Å². The van der Waals surface area contributed by atoms with Crippen molar-refractivity contribution < 1.29 is 4.79 Å². The summed E-state index contributed by atoms with van der Waals surface area (Å²) in [4.78, 5) is 20.6. The summed E-state index contributed by atoms with van der Waals surface area (Å²) >= 11 is 1.39. The zero-order valence-electron chi connectivity index (χ0n) is 11.5. The van der Waals surface area contributed by atoms with Crippen LogP contribution in [0.2, 0.25) is 0 Å². The maximum absolute atomic E-state index is 12.3. The molecule has 0 saturated heterocycles. The molecule has 1 aromatic carbocycles. The average Bonchev–Trinajstić information content (AvgIpc) is 2.45. The number of anilines is 1. The molecule has 1 atom stereocenters. The summed E-state index contributed by atoms with van der Waals surface area (Å²) in [7, 11) is 0. The number of carbonyl (C=O) groups excluding carboxylic acids is 1. The van der Waals surface area contributed by atoms with E-state index in [-0.39, 0.29) is 11.2 Å². The Bertz CT molecular complexity index is 574. The van der Waals surface area contributed by atoms with E-state index in [1.165, 1.54) is 11.8 Å². The minimum atomic E-state index is -0.196. The van der Waals surface area contributed by atoms with Crippen LogP contribution in [0.15, 0.2) is 47.9 Å². The molecule has 1 N–H and O–H groups in total. The first-order valence-corrected chi connectivity index (χ1v) is 7.38. The molecule has 20 heavy (non-hydrogen) atoms. The van der Waals surface area contributed by atoms with Crippen LogP contribution >= 0.6 is 11.8 Å². The van der Waals surface area contributed by atoms with E-state index in [0.29, 0.717) is 5.16 Å². The van der Waals surface area contributed by atoms with Gasteiger partial charge in [-0.05, 0) is 37.1 Å². The molecular weight excluding hydrogens is 270 g/mol. The van der Waals surface area contributed by atoms with E-state index in [2.05, 4.69) is 15.3 Å². The Morgan fingerprint density at radius 1 is 1.30 bits per heavy atom. The number of thioether (sulfide) groups is 1. The van der Waals surface area contributed by atoms with E-state index < -0.39 is 0 Å². The van der Waals surface area contributed by atoms with E-state index in [1.807, 2.05) is 38.1 Å². The Morgan fingerprint density at radius 3 is 2.70 bits per heavy atom. The van der Waals surface area contributed by atoms with Crippen LogP contribution in [-0.2, 0) is 4.79 Å². The summed E-state index contributed by atoms with van der Waals surface area (Å²) in [5, 5.41) is 3.37. The summed E-state index contributed by atoms with van der Waals surface area (Å²) in [6.45, 7) is 3.98. The van der Waals surface area contributed by atoms with Crippen molar-refractivity contribution in [1.82, 2.24) is 9.97 Å². The summed E-state index contributed by atoms with van der Waals surface area (Å²) in [6, 6.07) is 9.53. The third-order valence-corrected chi connectivity index (χ3v) is 3.99. The Hall–Kier alpha value is -1.88. The van der Waals surface area contributed by atoms with Crippen molar-refractivity contribution in [2.45, 2.75) is 30.7 Å². The Morgan fingerprint density at radius 2 is 2.05 bits per heavy atom. The number of hydrogen-bond donors (Lipinski definition) is 1. The number of carbonyl (C=O) groups is 1. The topological polar surface area (TPSA) is 54.9 Å². The second-order valence-electron chi connectivity index (χ2n) is 4.40. The number of aryl methyl sites for hydroxylation is 1. The van der Waals surface area contributed by atoms with Gasteiger partial charge < -0.3 is 5.32 Å². The molecular formula is C15H17N3OS.